The predicted molar refractivity (Wildman–Crippen MR) is 69.5 cm³/mol. The van der Waals surface area contributed by atoms with E-state index in [4.69, 9.17) is 4.74 Å². The van der Waals surface area contributed by atoms with Crippen molar-refractivity contribution in [3.63, 3.8) is 0 Å². The zero-order chi connectivity index (χ0) is 11.5. The normalized spacial score (nSPS) is 22.8. The fraction of sp³-hybridized carbons (Fsp3) is 0.125. The van der Waals surface area contributed by atoms with Gasteiger partial charge in [0.2, 0.25) is 0 Å². The van der Waals surface area contributed by atoms with Gasteiger partial charge >= 0.3 is 0 Å². The van der Waals surface area contributed by atoms with Crippen molar-refractivity contribution in [1.82, 2.24) is 0 Å². The van der Waals surface area contributed by atoms with Crippen LogP contribution in [-0.4, -0.2) is 6.10 Å². The number of hydrogen-bond acceptors (Lipinski definition) is 1. The van der Waals surface area contributed by atoms with Gasteiger partial charge in [-0.25, -0.2) is 0 Å². The average molecular weight is 222 g/mol. The van der Waals surface area contributed by atoms with Gasteiger partial charge in [0.05, 0.1) is 0 Å². The second kappa shape index (κ2) is 4.56. The summed E-state index contributed by atoms with van der Waals surface area (Å²) in [7, 11) is 0. The monoisotopic (exact) mass is 222 g/mol. The van der Waals surface area contributed by atoms with Crippen molar-refractivity contribution in [1.29, 1.82) is 0 Å². The molecule has 1 heterocycles. The standard InChI is InChI=1S/C16H14O/c1-3-7-13(8-4-1)11-12-15-16(17-15)14-9-5-2-6-10-14/h1-12,15-16H/b12-11+/t15?,16-/m0/s1. The highest BCUT2D eigenvalue weighted by Crippen LogP contribution is 2.39. The molecular weight excluding hydrogens is 208 g/mol. The molecule has 2 aromatic carbocycles. The van der Waals surface area contributed by atoms with Crippen LogP contribution < -0.4 is 0 Å². The minimum atomic E-state index is 0.234. The van der Waals surface area contributed by atoms with Crippen molar-refractivity contribution in [3.8, 4) is 0 Å². The van der Waals surface area contributed by atoms with Gasteiger partial charge in [0.25, 0.3) is 0 Å². The highest BCUT2D eigenvalue weighted by atomic mass is 16.6. The van der Waals surface area contributed by atoms with Crippen LogP contribution >= 0.6 is 0 Å². The Morgan fingerprint density at radius 1 is 0.824 bits per heavy atom. The lowest BCUT2D eigenvalue weighted by Gasteiger charge is -1.92. The van der Waals surface area contributed by atoms with Gasteiger partial charge < -0.3 is 4.74 Å². The second-order valence-corrected chi connectivity index (χ2v) is 4.20. The number of hydrogen-bond donors (Lipinski definition) is 0. The molecule has 0 saturated carbocycles. The zero-order valence-corrected chi connectivity index (χ0v) is 9.49. The zero-order valence-electron chi connectivity index (χ0n) is 9.49. The summed E-state index contributed by atoms with van der Waals surface area (Å²) in [5.41, 5.74) is 2.48. The molecule has 1 fully saturated rings. The Balaban J connectivity index is 1.65. The molecule has 2 aromatic rings. The van der Waals surface area contributed by atoms with Crippen molar-refractivity contribution in [2.75, 3.05) is 0 Å². The van der Waals surface area contributed by atoms with E-state index in [2.05, 4.69) is 48.6 Å². The fourth-order valence-corrected chi connectivity index (χ4v) is 1.95. The summed E-state index contributed by atoms with van der Waals surface area (Å²) in [6, 6.07) is 20.7. The SMILES string of the molecule is C(=C\C1O[C@H]1c1ccccc1)/c1ccccc1. The van der Waals surface area contributed by atoms with Crippen LogP contribution in [0.2, 0.25) is 0 Å². The molecule has 17 heavy (non-hydrogen) atoms. The van der Waals surface area contributed by atoms with Gasteiger partial charge in [-0.05, 0) is 11.1 Å². The van der Waals surface area contributed by atoms with Gasteiger partial charge in [-0.3, -0.25) is 0 Å². The second-order valence-electron chi connectivity index (χ2n) is 4.20. The first-order valence-corrected chi connectivity index (χ1v) is 5.87. The maximum absolute atomic E-state index is 5.64. The van der Waals surface area contributed by atoms with Crippen LogP contribution in [0.3, 0.4) is 0 Å². The molecule has 1 aliphatic rings. The summed E-state index contributed by atoms with van der Waals surface area (Å²) in [5, 5.41) is 0. The molecule has 2 atom stereocenters. The Kier molecular flexibility index (Phi) is 2.76. The van der Waals surface area contributed by atoms with Crippen LogP contribution in [0.4, 0.5) is 0 Å². The van der Waals surface area contributed by atoms with Crippen LogP contribution in [0, 0.1) is 0 Å². The first kappa shape index (κ1) is 10.3. The quantitative estimate of drug-likeness (QED) is 0.719. The third-order valence-corrected chi connectivity index (χ3v) is 2.93. The molecule has 1 aliphatic heterocycles. The van der Waals surface area contributed by atoms with E-state index < -0.39 is 0 Å². The van der Waals surface area contributed by atoms with E-state index >= 15 is 0 Å². The Bertz CT molecular complexity index is 502. The van der Waals surface area contributed by atoms with Gasteiger partial charge in [0, 0.05) is 0 Å². The van der Waals surface area contributed by atoms with Gasteiger partial charge in [-0.15, -0.1) is 0 Å². The molecule has 0 aromatic heterocycles. The maximum atomic E-state index is 5.64. The van der Waals surface area contributed by atoms with E-state index in [1.54, 1.807) is 0 Å². The largest absolute Gasteiger partial charge is 0.360 e. The van der Waals surface area contributed by atoms with E-state index in [1.807, 2.05) is 24.3 Å². The van der Waals surface area contributed by atoms with Gasteiger partial charge in [-0.1, -0.05) is 72.8 Å². The minimum Gasteiger partial charge on any atom is -0.360 e. The number of rotatable bonds is 3. The van der Waals surface area contributed by atoms with Crippen LogP contribution in [0.5, 0.6) is 0 Å². The molecular formula is C16H14O. The summed E-state index contributed by atoms with van der Waals surface area (Å²) in [5.74, 6) is 0. The molecule has 0 bridgehead atoms. The van der Waals surface area contributed by atoms with E-state index in [1.165, 1.54) is 11.1 Å². The highest BCUT2D eigenvalue weighted by molar-refractivity contribution is 5.50. The highest BCUT2D eigenvalue weighted by Gasteiger charge is 2.37. The average Bonchev–Trinajstić information content (AvgIpc) is 3.18. The van der Waals surface area contributed by atoms with Gasteiger partial charge in [0.15, 0.2) is 0 Å². The molecule has 0 radical (unpaired) electrons. The lowest BCUT2D eigenvalue weighted by Crippen LogP contribution is -1.83. The molecule has 84 valence electrons. The van der Waals surface area contributed by atoms with Crippen molar-refractivity contribution >= 4 is 6.08 Å². The molecule has 1 nitrogen and oxygen atoms in total. The first-order valence-electron chi connectivity index (χ1n) is 5.87. The Labute approximate surface area is 101 Å². The summed E-state index contributed by atoms with van der Waals surface area (Å²) < 4.78 is 5.64. The number of ether oxygens (including phenoxy) is 1. The molecule has 1 saturated heterocycles. The van der Waals surface area contributed by atoms with Crippen LogP contribution in [0.1, 0.15) is 17.2 Å². The number of benzene rings is 2. The predicted octanol–water partition coefficient (Wildman–Crippen LogP) is 3.84. The minimum absolute atomic E-state index is 0.234. The smallest absolute Gasteiger partial charge is 0.113 e. The van der Waals surface area contributed by atoms with Gasteiger partial charge in [-0.2, -0.15) is 0 Å². The molecule has 1 unspecified atom stereocenters. The molecule has 0 aliphatic carbocycles. The van der Waals surface area contributed by atoms with Crippen molar-refractivity contribution in [2.45, 2.75) is 12.2 Å². The molecule has 0 N–H and O–H groups in total. The number of epoxide rings is 1. The van der Waals surface area contributed by atoms with E-state index in [9.17, 15) is 0 Å². The molecule has 1 heteroatoms. The summed E-state index contributed by atoms with van der Waals surface area (Å²) in [6.45, 7) is 0. The molecule has 0 spiro atoms. The third kappa shape index (κ3) is 2.45. The van der Waals surface area contributed by atoms with Crippen molar-refractivity contribution in [3.05, 3.63) is 77.9 Å². The van der Waals surface area contributed by atoms with E-state index in [-0.39, 0.29) is 12.2 Å². The summed E-state index contributed by atoms with van der Waals surface area (Å²) in [6.07, 6.45) is 4.73. The van der Waals surface area contributed by atoms with E-state index in [0.29, 0.717) is 0 Å². The molecule has 3 rings (SSSR count). The first-order chi connectivity index (χ1) is 8.43. The van der Waals surface area contributed by atoms with Crippen LogP contribution in [0.25, 0.3) is 6.08 Å². The molecule has 0 amide bonds. The Morgan fingerprint density at radius 3 is 2.18 bits per heavy atom. The summed E-state index contributed by atoms with van der Waals surface area (Å²) >= 11 is 0. The van der Waals surface area contributed by atoms with Crippen LogP contribution in [0.15, 0.2) is 66.7 Å². The Morgan fingerprint density at radius 2 is 1.47 bits per heavy atom. The maximum Gasteiger partial charge on any atom is 0.113 e. The van der Waals surface area contributed by atoms with Crippen LogP contribution in [-0.2, 0) is 4.74 Å². The van der Waals surface area contributed by atoms with Crippen molar-refractivity contribution in [2.24, 2.45) is 0 Å². The third-order valence-electron chi connectivity index (χ3n) is 2.93. The topological polar surface area (TPSA) is 12.5 Å². The van der Waals surface area contributed by atoms with Gasteiger partial charge in [0.1, 0.15) is 12.2 Å². The lowest BCUT2D eigenvalue weighted by atomic mass is 10.1. The fourth-order valence-electron chi connectivity index (χ4n) is 1.95. The summed E-state index contributed by atoms with van der Waals surface area (Å²) in [4.78, 5) is 0. The Hall–Kier alpha value is -1.86. The van der Waals surface area contributed by atoms with E-state index in [0.717, 1.165) is 0 Å². The lowest BCUT2D eigenvalue weighted by molar-refractivity contribution is 0.394. The van der Waals surface area contributed by atoms with Crippen molar-refractivity contribution < 1.29 is 4.74 Å².